The molecule has 0 spiro atoms. The third kappa shape index (κ3) is 8.45. The molecule has 0 radical (unpaired) electrons. The largest absolute Gasteiger partial charge is 0.350 e. The normalized spacial score (nSPS) is 12.3. The van der Waals surface area contributed by atoms with Gasteiger partial charge in [0.2, 0.25) is 11.8 Å². The van der Waals surface area contributed by atoms with Crippen LogP contribution >= 0.6 is 11.6 Å². The minimum absolute atomic E-state index is 0.0188. The summed E-state index contributed by atoms with van der Waals surface area (Å²) in [5, 5.41) is 3.34. The molecule has 1 atom stereocenters. The molecule has 1 N–H and O–H groups in total. The van der Waals surface area contributed by atoms with E-state index in [1.807, 2.05) is 51.1 Å². The molecule has 1 unspecified atom stereocenters. The average molecular weight is 636 g/mol. The van der Waals surface area contributed by atoms with Crippen LogP contribution in [-0.4, -0.2) is 43.3 Å². The van der Waals surface area contributed by atoms with Crippen molar-refractivity contribution >= 4 is 39.1 Å². The van der Waals surface area contributed by atoms with Crippen LogP contribution in [0.15, 0.2) is 114 Å². The van der Waals surface area contributed by atoms with Gasteiger partial charge >= 0.3 is 0 Å². The van der Waals surface area contributed by atoms with Gasteiger partial charge in [-0.2, -0.15) is 0 Å². The summed E-state index contributed by atoms with van der Waals surface area (Å²) in [7, 11) is -4.24. The molecule has 230 valence electrons. The van der Waals surface area contributed by atoms with Crippen LogP contribution in [-0.2, 0) is 32.6 Å². The number of halogens is 2. The lowest BCUT2D eigenvalue weighted by atomic mass is 10.0. The van der Waals surface area contributed by atoms with Gasteiger partial charge in [-0.3, -0.25) is 13.9 Å². The van der Waals surface area contributed by atoms with Gasteiger partial charge in [0.15, 0.2) is 0 Å². The monoisotopic (exact) mass is 635 g/mol. The Bertz CT molecular complexity index is 1680. The van der Waals surface area contributed by atoms with E-state index in [0.717, 1.165) is 9.87 Å². The molecule has 0 fully saturated rings. The van der Waals surface area contributed by atoms with Gasteiger partial charge in [0.1, 0.15) is 18.4 Å². The zero-order valence-electron chi connectivity index (χ0n) is 24.8. The first-order chi connectivity index (χ1) is 20.8. The lowest BCUT2D eigenvalue weighted by molar-refractivity contribution is -0.140. The van der Waals surface area contributed by atoms with E-state index < -0.39 is 45.8 Å². The minimum atomic E-state index is -4.24. The van der Waals surface area contributed by atoms with E-state index in [9.17, 15) is 22.4 Å². The molecule has 0 aliphatic carbocycles. The first-order valence-corrected chi connectivity index (χ1v) is 15.9. The summed E-state index contributed by atoms with van der Waals surface area (Å²) in [6, 6.07) is 27.9. The number of carbonyl (C=O) groups excluding carboxylic acids is 2. The van der Waals surface area contributed by atoms with E-state index >= 15 is 0 Å². The molecule has 4 aromatic rings. The van der Waals surface area contributed by atoms with Crippen LogP contribution in [0, 0.1) is 5.82 Å². The van der Waals surface area contributed by atoms with Crippen LogP contribution in [0.1, 0.15) is 31.9 Å². The van der Waals surface area contributed by atoms with Crippen molar-refractivity contribution in [3.8, 4) is 0 Å². The van der Waals surface area contributed by atoms with Gasteiger partial charge in [-0.25, -0.2) is 12.8 Å². The standard InChI is InChI=1S/C34H35ClFN3O4S/c1-34(2,3)37-33(41)31(22-25-12-6-4-7-13-25)38(23-26-14-10-11-17-30(26)36)32(40)24-39(28-20-18-27(35)19-21-28)44(42,43)29-15-8-5-9-16-29/h4-21,31H,22-24H2,1-3H3,(H,37,41). The number of carbonyl (C=O) groups is 2. The highest BCUT2D eigenvalue weighted by atomic mass is 35.5. The van der Waals surface area contributed by atoms with Crippen LogP contribution in [0.25, 0.3) is 0 Å². The van der Waals surface area contributed by atoms with Crippen molar-refractivity contribution in [2.45, 2.75) is 50.2 Å². The zero-order chi connectivity index (χ0) is 31.9. The highest BCUT2D eigenvalue weighted by Gasteiger charge is 2.36. The van der Waals surface area contributed by atoms with Gasteiger partial charge in [-0.05, 0) is 68.8 Å². The van der Waals surface area contributed by atoms with Crippen LogP contribution in [0.4, 0.5) is 10.1 Å². The van der Waals surface area contributed by atoms with Gasteiger partial charge in [0.05, 0.1) is 10.6 Å². The highest BCUT2D eigenvalue weighted by molar-refractivity contribution is 7.92. The number of rotatable bonds is 11. The van der Waals surface area contributed by atoms with Gasteiger partial charge < -0.3 is 10.2 Å². The van der Waals surface area contributed by atoms with E-state index in [-0.39, 0.29) is 29.1 Å². The Balaban J connectivity index is 1.82. The predicted molar refractivity (Wildman–Crippen MR) is 171 cm³/mol. The summed E-state index contributed by atoms with van der Waals surface area (Å²) in [5.41, 5.74) is 0.534. The number of hydrogen-bond donors (Lipinski definition) is 1. The summed E-state index contributed by atoms with van der Waals surface area (Å²) in [4.78, 5) is 29.5. The number of amides is 2. The summed E-state index contributed by atoms with van der Waals surface area (Å²) < 4.78 is 43.9. The minimum Gasteiger partial charge on any atom is -0.350 e. The molecule has 0 aliphatic heterocycles. The second-order valence-electron chi connectivity index (χ2n) is 11.4. The fourth-order valence-corrected chi connectivity index (χ4v) is 6.23. The molecule has 0 aromatic heterocycles. The number of sulfonamides is 1. The van der Waals surface area contributed by atoms with Gasteiger partial charge in [0, 0.05) is 29.1 Å². The maximum absolute atomic E-state index is 15.0. The van der Waals surface area contributed by atoms with Crippen LogP contribution < -0.4 is 9.62 Å². The number of benzene rings is 4. The Kier molecular flexibility index (Phi) is 10.4. The molecule has 2 amide bonds. The molecule has 0 bridgehead atoms. The zero-order valence-corrected chi connectivity index (χ0v) is 26.4. The van der Waals surface area contributed by atoms with Gasteiger partial charge in [-0.1, -0.05) is 78.3 Å². The smallest absolute Gasteiger partial charge is 0.264 e. The first-order valence-electron chi connectivity index (χ1n) is 14.1. The van der Waals surface area contributed by atoms with E-state index in [1.54, 1.807) is 24.3 Å². The van der Waals surface area contributed by atoms with Crippen LogP contribution in [0.2, 0.25) is 5.02 Å². The Labute approximate surface area is 263 Å². The molecular weight excluding hydrogens is 601 g/mol. The summed E-state index contributed by atoms with van der Waals surface area (Å²) in [6.45, 7) is 4.55. The van der Waals surface area contributed by atoms with E-state index in [4.69, 9.17) is 11.6 Å². The molecule has 44 heavy (non-hydrogen) atoms. The second-order valence-corrected chi connectivity index (χ2v) is 13.7. The lowest BCUT2D eigenvalue weighted by Gasteiger charge is -2.35. The Morgan fingerprint density at radius 3 is 2.00 bits per heavy atom. The van der Waals surface area contributed by atoms with E-state index in [2.05, 4.69) is 5.32 Å². The average Bonchev–Trinajstić information content (AvgIpc) is 2.99. The lowest BCUT2D eigenvalue weighted by Crippen LogP contribution is -2.56. The van der Waals surface area contributed by atoms with Crippen molar-refractivity contribution < 1.29 is 22.4 Å². The number of hydrogen-bond acceptors (Lipinski definition) is 4. The van der Waals surface area contributed by atoms with E-state index in [0.29, 0.717) is 5.02 Å². The molecule has 10 heteroatoms. The van der Waals surface area contributed by atoms with Crippen LogP contribution in [0.3, 0.4) is 0 Å². The van der Waals surface area contributed by atoms with Crippen LogP contribution in [0.5, 0.6) is 0 Å². The van der Waals surface area contributed by atoms with Crippen molar-refractivity contribution in [2.24, 2.45) is 0 Å². The molecule has 0 aliphatic rings. The summed E-state index contributed by atoms with van der Waals surface area (Å²) >= 11 is 6.09. The van der Waals surface area contributed by atoms with Crippen molar-refractivity contribution in [3.05, 3.63) is 131 Å². The quantitative estimate of drug-likeness (QED) is 0.212. The molecule has 4 rings (SSSR count). The van der Waals surface area contributed by atoms with E-state index in [1.165, 1.54) is 59.5 Å². The van der Waals surface area contributed by atoms with Crippen molar-refractivity contribution in [2.75, 3.05) is 10.8 Å². The maximum Gasteiger partial charge on any atom is 0.264 e. The Hall–Kier alpha value is -4.21. The fourth-order valence-electron chi connectivity index (χ4n) is 4.67. The van der Waals surface area contributed by atoms with Crippen molar-refractivity contribution in [1.29, 1.82) is 0 Å². The van der Waals surface area contributed by atoms with Crippen molar-refractivity contribution in [1.82, 2.24) is 10.2 Å². The topological polar surface area (TPSA) is 86.8 Å². The predicted octanol–water partition coefficient (Wildman–Crippen LogP) is 6.23. The molecule has 0 saturated heterocycles. The Morgan fingerprint density at radius 1 is 0.841 bits per heavy atom. The Morgan fingerprint density at radius 2 is 1.41 bits per heavy atom. The van der Waals surface area contributed by atoms with Gasteiger partial charge in [0.25, 0.3) is 10.0 Å². The molecule has 7 nitrogen and oxygen atoms in total. The molecule has 0 heterocycles. The highest BCUT2D eigenvalue weighted by Crippen LogP contribution is 2.26. The molecule has 4 aromatic carbocycles. The second kappa shape index (κ2) is 14.1. The third-order valence-corrected chi connectivity index (χ3v) is 8.83. The summed E-state index contributed by atoms with van der Waals surface area (Å²) in [5.74, 6) is -1.69. The maximum atomic E-state index is 15.0. The number of nitrogens with one attached hydrogen (secondary N) is 1. The summed E-state index contributed by atoms with van der Waals surface area (Å²) in [6.07, 6.45) is 0.120. The first kappa shape index (κ1) is 32.7. The van der Waals surface area contributed by atoms with Gasteiger partial charge in [-0.15, -0.1) is 0 Å². The third-order valence-electron chi connectivity index (χ3n) is 6.79. The number of anilines is 1. The molecular formula is C34H35ClFN3O4S. The van der Waals surface area contributed by atoms with Crippen molar-refractivity contribution in [3.63, 3.8) is 0 Å². The SMILES string of the molecule is CC(C)(C)NC(=O)C(Cc1ccccc1)N(Cc1ccccc1F)C(=O)CN(c1ccc(Cl)cc1)S(=O)(=O)c1ccccc1. The fraction of sp³-hybridized carbons (Fsp3) is 0.235. The number of nitrogens with zero attached hydrogens (tertiary/aromatic N) is 2. The molecule has 0 saturated carbocycles.